The molecule has 5 rings (SSSR count). The van der Waals surface area contributed by atoms with E-state index in [9.17, 15) is 18.5 Å². The van der Waals surface area contributed by atoms with Gasteiger partial charge in [0.1, 0.15) is 22.6 Å². The summed E-state index contributed by atoms with van der Waals surface area (Å²) in [6, 6.07) is 8.66. The molecule has 1 fully saturated rings. The normalized spacial score (nSPS) is 14.7. The molecule has 210 valence electrons. The number of pyridine rings is 1. The second-order valence-corrected chi connectivity index (χ2v) is 11.5. The monoisotopic (exact) mass is 583 g/mol. The summed E-state index contributed by atoms with van der Waals surface area (Å²) in [6.45, 7) is 9.70. The number of nitrogens with two attached hydrogens (primary N) is 1. The zero-order chi connectivity index (χ0) is 29.4. The predicted octanol–water partition coefficient (Wildman–Crippen LogP) is 5.44. The number of fused-ring (bicyclic) bond motifs is 1. The number of ether oxygens (including phenoxy) is 1. The molecule has 1 aliphatic rings. The Morgan fingerprint density at radius 1 is 1.27 bits per heavy atom. The number of aromatic nitrogens is 3. The van der Waals surface area contributed by atoms with Gasteiger partial charge in [0, 0.05) is 17.3 Å². The number of halogens is 1. The van der Waals surface area contributed by atoms with E-state index in [0.717, 1.165) is 18.4 Å². The predicted molar refractivity (Wildman–Crippen MR) is 151 cm³/mol. The molecule has 1 atom stereocenters. The molecule has 1 aliphatic carbocycles. The van der Waals surface area contributed by atoms with Crippen LogP contribution in [-0.2, 0) is 16.6 Å². The minimum absolute atomic E-state index is 0.0518. The van der Waals surface area contributed by atoms with E-state index in [4.69, 9.17) is 25.9 Å². The number of aryl methyl sites for hydroxylation is 1. The van der Waals surface area contributed by atoms with Gasteiger partial charge in [0.05, 0.1) is 35.2 Å². The second-order valence-electron chi connectivity index (χ2n) is 9.68. The molecule has 0 amide bonds. The molecule has 12 heteroatoms. The van der Waals surface area contributed by atoms with E-state index in [-0.39, 0.29) is 21.7 Å². The summed E-state index contributed by atoms with van der Waals surface area (Å²) in [7, 11) is -4.22. The van der Waals surface area contributed by atoms with Crippen LogP contribution in [-0.4, -0.2) is 23.2 Å². The Morgan fingerprint density at radius 2 is 1.98 bits per heavy atom. The van der Waals surface area contributed by atoms with Gasteiger partial charge in [0.2, 0.25) is 5.03 Å². The number of nitriles is 1. The highest BCUT2D eigenvalue weighted by Crippen LogP contribution is 2.46. The van der Waals surface area contributed by atoms with Crippen molar-refractivity contribution in [3.63, 3.8) is 0 Å². The fraction of sp³-hybridized carbons (Fsp3) is 0.357. The van der Waals surface area contributed by atoms with Crippen LogP contribution in [0.15, 0.2) is 50.9 Å². The standard InChI is InChI=1S/C26H24ClN5O5S.C2H6/c1-14-8-18(16(3)36-20-4-5-21(27)31-25(20)38(29,34)35)24-19(9-14)22(33)15(2)23(37-24)17-10-30-32(11-17)13-26(12-28)6-7-26;1-2/h4-5,8-11,16H,6-7,13H2,1-3H3,(H2,29,34,35);1-2H3. The Labute approximate surface area is 237 Å². The van der Waals surface area contributed by atoms with Crippen molar-refractivity contribution in [2.24, 2.45) is 10.6 Å². The molecule has 3 aromatic heterocycles. The number of hydrogen-bond donors (Lipinski definition) is 1. The summed E-state index contributed by atoms with van der Waals surface area (Å²) in [5.74, 6) is 0.271. The van der Waals surface area contributed by atoms with Crippen molar-refractivity contribution in [3.8, 4) is 23.1 Å². The van der Waals surface area contributed by atoms with Gasteiger partial charge in [-0.25, -0.2) is 18.5 Å². The summed E-state index contributed by atoms with van der Waals surface area (Å²) in [4.78, 5) is 17.2. The van der Waals surface area contributed by atoms with Crippen LogP contribution in [0.4, 0.5) is 0 Å². The Morgan fingerprint density at radius 3 is 2.60 bits per heavy atom. The van der Waals surface area contributed by atoms with Crippen molar-refractivity contribution in [1.29, 1.82) is 5.26 Å². The SMILES string of the molecule is CC.Cc1cc(C(C)Oc2ccc(Cl)nc2S(N)(=O)=O)c2oc(-c3cnn(CC4(C#N)CC4)c3)c(C)c(=O)c2c1. The molecule has 1 aromatic carbocycles. The lowest BCUT2D eigenvalue weighted by Gasteiger charge is -2.19. The number of sulfonamides is 1. The molecule has 1 saturated carbocycles. The Hall–Kier alpha value is -3.72. The van der Waals surface area contributed by atoms with E-state index in [2.05, 4.69) is 16.2 Å². The zero-order valence-corrected chi connectivity index (χ0v) is 24.4. The third-order valence-corrected chi connectivity index (χ3v) is 7.69. The first-order valence-electron chi connectivity index (χ1n) is 12.8. The Bertz CT molecular complexity index is 1800. The van der Waals surface area contributed by atoms with Gasteiger partial charge in [-0.2, -0.15) is 10.4 Å². The molecule has 0 aliphatic heterocycles. The highest BCUT2D eigenvalue weighted by molar-refractivity contribution is 7.89. The summed E-state index contributed by atoms with van der Waals surface area (Å²) in [6.07, 6.45) is 4.28. The first-order valence-corrected chi connectivity index (χ1v) is 14.7. The fourth-order valence-corrected chi connectivity index (χ4v) is 5.25. The number of benzene rings is 1. The minimum Gasteiger partial charge on any atom is -0.483 e. The maximum Gasteiger partial charge on any atom is 0.259 e. The van der Waals surface area contributed by atoms with E-state index < -0.39 is 21.2 Å². The molecule has 10 nitrogen and oxygen atoms in total. The lowest BCUT2D eigenvalue weighted by atomic mass is 10.0. The van der Waals surface area contributed by atoms with E-state index >= 15 is 0 Å². The second kappa shape index (κ2) is 11.0. The highest BCUT2D eigenvalue weighted by Gasteiger charge is 2.43. The van der Waals surface area contributed by atoms with Crippen molar-refractivity contribution in [2.45, 2.75) is 65.1 Å². The molecule has 0 radical (unpaired) electrons. The molecule has 3 heterocycles. The third kappa shape index (κ3) is 5.75. The number of nitrogens with zero attached hydrogens (tertiary/aromatic N) is 4. The van der Waals surface area contributed by atoms with Gasteiger partial charge in [-0.15, -0.1) is 0 Å². The lowest BCUT2D eigenvalue weighted by molar-refractivity contribution is 0.219. The number of rotatable bonds is 7. The van der Waals surface area contributed by atoms with Gasteiger partial charge in [-0.1, -0.05) is 25.4 Å². The fourth-order valence-electron chi connectivity index (χ4n) is 4.43. The summed E-state index contributed by atoms with van der Waals surface area (Å²) in [5, 5.41) is 18.9. The van der Waals surface area contributed by atoms with Crippen molar-refractivity contribution < 1.29 is 17.6 Å². The zero-order valence-electron chi connectivity index (χ0n) is 22.9. The third-order valence-electron chi connectivity index (χ3n) is 6.65. The molecule has 0 spiro atoms. The van der Waals surface area contributed by atoms with Gasteiger partial charge >= 0.3 is 0 Å². The quantitative estimate of drug-likeness (QED) is 0.282. The van der Waals surface area contributed by atoms with Gasteiger partial charge in [-0.3, -0.25) is 9.48 Å². The van der Waals surface area contributed by atoms with Crippen LogP contribution in [0, 0.1) is 30.6 Å². The van der Waals surface area contributed by atoms with E-state index in [0.29, 0.717) is 40.0 Å². The van der Waals surface area contributed by atoms with Crippen molar-refractivity contribution in [3.05, 3.63) is 68.7 Å². The van der Waals surface area contributed by atoms with E-state index in [1.165, 1.54) is 12.1 Å². The van der Waals surface area contributed by atoms with Crippen molar-refractivity contribution >= 4 is 32.6 Å². The van der Waals surface area contributed by atoms with Crippen LogP contribution < -0.4 is 15.3 Å². The molecule has 0 saturated heterocycles. The average Bonchev–Trinajstić information content (AvgIpc) is 3.54. The van der Waals surface area contributed by atoms with E-state index in [1.807, 2.05) is 26.8 Å². The summed E-state index contributed by atoms with van der Waals surface area (Å²) in [5.41, 5.74) is 2.06. The number of primary sulfonamides is 1. The molecule has 1 unspecified atom stereocenters. The molecular weight excluding hydrogens is 554 g/mol. The minimum atomic E-state index is -4.22. The van der Waals surface area contributed by atoms with E-state index in [1.54, 1.807) is 37.0 Å². The summed E-state index contributed by atoms with van der Waals surface area (Å²) >= 11 is 5.87. The van der Waals surface area contributed by atoms with Crippen LogP contribution in [0.2, 0.25) is 5.15 Å². The topological polar surface area (TPSA) is 154 Å². The molecule has 2 N–H and O–H groups in total. The van der Waals surface area contributed by atoms with Crippen LogP contribution in [0.25, 0.3) is 22.3 Å². The molecule has 40 heavy (non-hydrogen) atoms. The van der Waals surface area contributed by atoms with Gasteiger partial charge in [-0.05, 0) is 63.4 Å². The first kappa shape index (κ1) is 29.3. The maximum absolute atomic E-state index is 13.4. The smallest absolute Gasteiger partial charge is 0.259 e. The molecule has 4 aromatic rings. The van der Waals surface area contributed by atoms with Gasteiger partial charge < -0.3 is 9.15 Å². The lowest BCUT2D eigenvalue weighted by Crippen LogP contribution is -2.17. The number of hydrogen-bond acceptors (Lipinski definition) is 8. The van der Waals surface area contributed by atoms with Crippen molar-refractivity contribution in [1.82, 2.24) is 14.8 Å². The van der Waals surface area contributed by atoms with Gasteiger partial charge in [0.15, 0.2) is 11.2 Å². The van der Waals surface area contributed by atoms with Crippen LogP contribution >= 0.6 is 11.6 Å². The van der Waals surface area contributed by atoms with Crippen LogP contribution in [0.1, 0.15) is 56.4 Å². The average molecular weight is 584 g/mol. The van der Waals surface area contributed by atoms with Crippen molar-refractivity contribution in [2.75, 3.05) is 0 Å². The van der Waals surface area contributed by atoms with Crippen LogP contribution in [0.3, 0.4) is 0 Å². The van der Waals surface area contributed by atoms with Gasteiger partial charge in [0.25, 0.3) is 10.0 Å². The maximum atomic E-state index is 13.4. The highest BCUT2D eigenvalue weighted by atomic mass is 35.5. The molecule has 0 bridgehead atoms. The Kier molecular flexibility index (Phi) is 8.08. The first-order chi connectivity index (χ1) is 18.9. The molecular formula is C28H30ClN5O5S. The Balaban J connectivity index is 0.00000181. The largest absolute Gasteiger partial charge is 0.483 e. The summed E-state index contributed by atoms with van der Waals surface area (Å²) < 4.78 is 38.2. The van der Waals surface area contributed by atoms with Crippen LogP contribution in [0.5, 0.6) is 5.75 Å².